The summed E-state index contributed by atoms with van der Waals surface area (Å²) in [5.41, 5.74) is 2.45. The molecule has 0 amide bonds. The zero-order chi connectivity index (χ0) is 15.2. The fourth-order valence-electron chi connectivity index (χ4n) is 2.66. The molecule has 0 aliphatic heterocycles. The van der Waals surface area contributed by atoms with Gasteiger partial charge in [0.1, 0.15) is 11.6 Å². The minimum atomic E-state index is 0.309. The Morgan fingerprint density at radius 3 is 2.55 bits per heavy atom. The van der Waals surface area contributed by atoms with Crippen LogP contribution in [0.15, 0.2) is 67.0 Å². The van der Waals surface area contributed by atoms with E-state index in [0.29, 0.717) is 5.75 Å². The van der Waals surface area contributed by atoms with E-state index in [2.05, 4.69) is 33.8 Å². The van der Waals surface area contributed by atoms with Crippen molar-refractivity contribution in [2.75, 3.05) is 0 Å². The summed E-state index contributed by atoms with van der Waals surface area (Å²) in [6.45, 7) is 0.745. The van der Waals surface area contributed by atoms with Gasteiger partial charge in [-0.3, -0.25) is 0 Å². The number of hydrogen-bond donors (Lipinski definition) is 1. The number of aromatic nitrogens is 2. The maximum Gasteiger partial charge on any atom is 0.115 e. The van der Waals surface area contributed by atoms with E-state index in [4.69, 9.17) is 0 Å². The second-order valence-electron chi connectivity index (χ2n) is 5.48. The van der Waals surface area contributed by atoms with Gasteiger partial charge in [-0.25, -0.2) is 4.98 Å². The number of imidazole rings is 1. The summed E-state index contributed by atoms with van der Waals surface area (Å²) in [7, 11) is 0. The molecule has 22 heavy (non-hydrogen) atoms. The Bertz CT molecular complexity index is 719. The van der Waals surface area contributed by atoms with Gasteiger partial charge in [0.2, 0.25) is 0 Å². The van der Waals surface area contributed by atoms with Crippen molar-refractivity contribution in [1.82, 2.24) is 9.55 Å². The third kappa shape index (κ3) is 3.76. The van der Waals surface area contributed by atoms with Gasteiger partial charge in [0.25, 0.3) is 0 Å². The summed E-state index contributed by atoms with van der Waals surface area (Å²) in [6.07, 6.45) is 6.96. The first kappa shape index (κ1) is 14.4. The summed E-state index contributed by atoms with van der Waals surface area (Å²) in [4.78, 5) is 4.47. The highest BCUT2D eigenvalue weighted by atomic mass is 16.3. The van der Waals surface area contributed by atoms with E-state index in [9.17, 15) is 5.11 Å². The van der Waals surface area contributed by atoms with E-state index >= 15 is 0 Å². The van der Waals surface area contributed by atoms with Gasteiger partial charge in [-0.15, -0.1) is 0 Å². The fraction of sp³-hybridized carbons (Fsp3) is 0.211. The van der Waals surface area contributed by atoms with Gasteiger partial charge in [-0.1, -0.05) is 42.5 Å². The average molecular weight is 292 g/mol. The van der Waals surface area contributed by atoms with Gasteiger partial charge in [-0.05, 0) is 36.1 Å². The van der Waals surface area contributed by atoms with Gasteiger partial charge in [-0.2, -0.15) is 0 Å². The molecule has 0 saturated carbocycles. The van der Waals surface area contributed by atoms with Gasteiger partial charge in [0, 0.05) is 25.4 Å². The molecule has 0 bridgehead atoms. The van der Waals surface area contributed by atoms with Crippen LogP contribution < -0.4 is 0 Å². The van der Waals surface area contributed by atoms with E-state index in [-0.39, 0.29) is 0 Å². The molecule has 3 aromatic rings. The molecule has 0 saturated heterocycles. The maximum atomic E-state index is 9.55. The molecule has 0 unspecified atom stereocenters. The number of rotatable bonds is 6. The van der Waals surface area contributed by atoms with E-state index in [1.807, 2.05) is 30.6 Å². The predicted molar refractivity (Wildman–Crippen MR) is 87.9 cm³/mol. The number of aryl methyl sites for hydroxylation is 2. The highest BCUT2D eigenvalue weighted by molar-refractivity contribution is 5.27. The number of phenolic OH excluding ortho intramolecular Hbond substituents is 1. The van der Waals surface area contributed by atoms with Gasteiger partial charge >= 0.3 is 0 Å². The Morgan fingerprint density at radius 1 is 0.909 bits per heavy atom. The van der Waals surface area contributed by atoms with E-state index < -0.39 is 0 Å². The first-order chi connectivity index (χ1) is 10.8. The molecule has 0 fully saturated rings. The Labute approximate surface area is 130 Å². The summed E-state index contributed by atoms with van der Waals surface area (Å²) in [5, 5.41) is 9.55. The molecule has 2 aromatic carbocycles. The third-order valence-corrected chi connectivity index (χ3v) is 3.77. The molecule has 3 rings (SSSR count). The Balaban J connectivity index is 1.60. The lowest BCUT2D eigenvalue weighted by Crippen LogP contribution is -2.05. The standard InChI is InChI=1S/C19H20N2O/c22-18-10-4-9-17(14-18)15-21-13-12-20-19(21)11-5-8-16-6-2-1-3-7-16/h1-4,6-7,9-10,12-14,22H,5,8,11,15H2. The van der Waals surface area contributed by atoms with Crippen molar-refractivity contribution < 1.29 is 5.11 Å². The van der Waals surface area contributed by atoms with Crippen LogP contribution in [0.25, 0.3) is 0 Å². The SMILES string of the molecule is Oc1cccc(Cn2ccnc2CCCc2ccccc2)c1. The van der Waals surface area contributed by atoms with Crippen molar-refractivity contribution in [2.24, 2.45) is 0 Å². The second kappa shape index (κ2) is 6.94. The summed E-state index contributed by atoms with van der Waals surface area (Å²) in [6, 6.07) is 17.9. The number of nitrogens with zero attached hydrogens (tertiary/aromatic N) is 2. The van der Waals surface area contributed by atoms with E-state index in [1.54, 1.807) is 12.1 Å². The Kier molecular flexibility index (Phi) is 4.54. The van der Waals surface area contributed by atoms with Gasteiger partial charge < -0.3 is 9.67 Å². The molecule has 1 N–H and O–H groups in total. The largest absolute Gasteiger partial charge is 0.508 e. The molecule has 1 aromatic heterocycles. The van der Waals surface area contributed by atoms with Crippen LogP contribution >= 0.6 is 0 Å². The predicted octanol–water partition coefficient (Wildman–Crippen LogP) is 3.81. The van der Waals surface area contributed by atoms with Crippen LogP contribution in [0.4, 0.5) is 0 Å². The molecule has 0 radical (unpaired) electrons. The minimum absolute atomic E-state index is 0.309. The van der Waals surface area contributed by atoms with Gasteiger partial charge in [0.05, 0.1) is 0 Å². The van der Waals surface area contributed by atoms with Crippen molar-refractivity contribution in [1.29, 1.82) is 0 Å². The highest BCUT2D eigenvalue weighted by Gasteiger charge is 2.04. The highest BCUT2D eigenvalue weighted by Crippen LogP contribution is 2.14. The topological polar surface area (TPSA) is 38.0 Å². The lowest BCUT2D eigenvalue weighted by atomic mass is 10.1. The summed E-state index contributed by atoms with van der Waals surface area (Å²) >= 11 is 0. The Hall–Kier alpha value is -2.55. The minimum Gasteiger partial charge on any atom is -0.508 e. The molecule has 0 atom stereocenters. The van der Waals surface area contributed by atoms with Crippen LogP contribution in [-0.2, 0) is 19.4 Å². The molecular formula is C19H20N2O. The van der Waals surface area contributed by atoms with Crippen molar-refractivity contribution in [3.8, 4) is 5.75 Å². The fourth-order valence-corrected chi connectivity index (χ4v) is 2.66. The molecule has 3 heteroatoms. The number of hydrogen-bond acceptors (Lipinski definition) is 2. The Morgan fingerprint density at radius 2 is 1.73 bits per heavy atom. The zero-order valence-electron chi connectivity index (χ0n) is 12.5. The van der Waals surface area contributed by atoms with Crippen molar-refractivity contribution >= 4 is 0 Å². The van der Waals surface area contributed by atoms with Crippen molar-refractivity contribution in [3.63, 3.8) is 0 Å². The molecule has 0 aliphatic rings. The van der Waals surface area contributed by atoms with Crippen LogP contribution in [-0.4, -0.2) is 14.7 Å². The van der Waals surface area contributed by atoms with Gasteiger partial charge in [0.15, 0.2) is 0 Å². The lowest BCUT2D eigenvalue weighted by Gasteiger charge is -2.08. The first-order valence-corrected chi connectivity index (χ1v) is 7.63. The van der Waals surface area contributed by atoms with Crippen LogP contribution in [0, 0.1) is 0 Å². The monoisotopic (exact) mass is 292 g/mol. The average Bonchev–Trinajstić information content (AvgIpc) is 2.96. The lowest BCUT2D eigenvalue weighted by molar-refractivity contribution is 0.474. The summed E-state index contributed by atoms with van der Waals surface area (Å²) in [5.74, 6) is 1.41. The molecule has 3 nitrogen and oxygen atoms in total. The van der Waals surface area contributed by atoms with E-state index in [1.165, 1.54) is 5.56 Å². The van der Waals surface area contributed by atoms with Crippen molar-refractivity contribution in [3.05, 3.63) is 83.9 Å². The van der Waals surface area contributed by atoms with E-state index in [0.717, 1.165) is 37.2 Å². The normalized spacial score (nSPS) is 10.7. The first-order valence-electron chi connectivity index (χ1n) is 7.63. The number of phenols is 1. The molecule has 0 aliphatic carbocycles. The molecule has 1 heterocycles. The van der Waals surface area contributed by atoms with Crippen LogP contribution in [0.2, 0.25) is 0 Å². The number of benzene rings is 2. The molecular weight excluding hydrogens is 272 g/mol. The zero-order valence-corrected chi connectivity index (χ0v) is 12.5. The third-order valence-electron chi connectivity index (χ3n) is 3.77. The van der Waals surface area contributed by atoms with Crippen molar-refractivity contribution in [2.45, 2.75) is 25.8 Å². The smallest absolute Gasteiger partial charge is 0.115 e. The number of aromatic hydroxyl groups is 1. The van der Waals surface area contributed by atoms with Crippen LogP contribution in [0.3, 0.4) is 0 Å². The summed E-state index contributed by atoms with van der Waals surface area (Å²) < 4.78 is 2.15. The van der Waals surface area contributed by atoms with Crippen LogP contribution in [0.1, 0.15) is 23.4 Å². The second-order valence-corrected chi connectivity index (χ2v) is 5.48. The molecule has 112 valence electrons. The molecule has 0 spiro atoms. The quantitative estimate of drug-likeness (QED) is 0.750. The van der Waals surface area contributed by atoms with Crippen LogP contribution in [0.5, 0.6) is 5.75 Å². The maximum absolute atomic E-state index is 9.55.